The number of fused-ring (bicyclic) bond motifs is 3. The molecule has 0 radical (unpaired) electrons. The van der Waals surface area contributed by atoms with Crippen LogP contribution in [0.5, 0.6) is 0 Å². The highest BCUT2D eigenvalue weighted by Crippen LogP contribution is 2.33. The molecule has 1 aromatic carbocycles. The van der Waals surface area contributed by atoms with Gasteiger partial charge < -0.3 is 10.3 Å². The van der Waals surface area contributed by atoms with Gasteiger partial charge in [-0.3, -0.25) is 14.8 Å². The molecule has 23 heavy (non-hydrogen) atoms. The predicted octanol–water partition coefficient (Wildman–Crippen LogP) is 3.41. The van der Waals surface area contributed by atoms with Crippen LogP contribution in [-0.2, 0) is 0 Å². The van der Waals surface area contributed by atoms with Crippen LogP contribution in [0, 0.1) is 0 Å². The van der Waals surface area contributed by atoms with Crippen molar-refractivity contribution in [3.63, 3.8) is 0 Å². The van der Waals surface area contributed by atoms with E-state index in [0.29, 0.717) is 10.7 Å². The molecular formula is C16H10ClN5O. The van der Waals surface area contributed by atoms with Gasteiger partial charge in [-0.1, -0.05) is 11.6 Å². The van der Waals surface area contributed by atoms with Crippen molar-refractivity contribution >= 4 is 45.0 Å². The number of nitrogens with zero attached hydrogens (tertiary/aromatic N) is 3. The minimum absolute atomic E-state index is 0.235. The Hall–Kier alpha value is -2.99. The van der Waals surface area contributed by atoms with Gasteiger partial charge in [0.25, 0.3) is 5.91 Å². The Morgan fingerprint density at radius 1 is 1.09 bits per heavy atom. The molecule has 3 heterocycles. The summed E-state index contributed by atoms with van der Waals surface area (Å²) in [6.45, 7) is 0. The van der Waals surface area contributed by atoms with Crippen LogP contribution in [-0.4, -0.2) is 25.8 Å². The van der Waals surface area contributed by atoms with Crippen LogP contribution in [0.4, 0.5) is 5.69 Å². The number of rotatable bonds is 2. The largest absolute Gasteiger partial charge is 0.352 e. The third-order valence-electron chi connectivity index (χ3n) is 3.52. The number of aromatic nitrogens is 4. The molecule has 0 unspecified atom stereocenters. The molecule has 0 aliphatic heterocycles. The molecule has 3 aromatic heterocycles. The van der Waals surface area contributed by atoms with E-state index in [-0.39, 0.29) is 11.6 Å². The summed E-state index contributed by atoms with van der Waals surface area (Å²) < 4.78 is 0. The van der Waals surface area contributed by atoms with Gasteiger partial charge in [0.05, 0.1) is 29.1 Å². The van der Waals surface area contributed by atoms with E-state index < -0.39 is 0 Å². The zero-order valence-corrected chi connectivity index (χ0v) is 12.5. The zero-order chi connectivity index (χ0) is 15.8. The van der Waals surface area contributed by atoms with E-state index in [1.807, 2.05) is 12.1 Å². The summed E-state index contributed by atoms with van der Waals surface area (Å²) in [7, 11) is 0. The van der Waals surface area contributed by atoms with Gasteiger partial charge in [0.15, 0.2) is 0 Å². The lowest BCUT2D eigenvalue weighted by atomic mass is 10.1. The molecule has 0 fully saturated rings. The number of pyridine rings is 1. The van der Waals surface area contributed by atoms with Crippen molar-refractivity contribution in [1.82, 2.24) is 19.9 Å². The Labute approximate surface area is 135 Å². The molecule has 2 N–H and O–H groups in total. The number of aromatic amines is 1. The van der Waals surface area contributed by atoms with Crippen molar-refractivity contribution in [2.24, 2.45) is 0 Å². The molecular weight excluding hydrogens is 314 g/mol. The molecule has 0 aliphatic carbocycles. The molecule has 6 nitrogen and oxygen atoms in total. The van der Waals surface area contributed by atoms with Crippen LogP contribution >= 0.6 is 11.6 Å². The number of hydrogen-bond acceptors (Lipinski definition) is 4. The minimum atomic E-state index is -0.349. The molecule has 1 amide bonds. The Morgan fingerprint density at radius 2 is 1.96 bits per heavy atom. The topological polar surface area (TPSA) is 83.6 Å². The maximum atomic E-state index is 12.3. The van der Waals surface area contributed by atoms with E-state index >= 15 is 0 Å². The maximum absolute atomic E-state index is 12.3. The summed E-state index contributed by atoms with van der Waals surface area (Å²) in [4.78, 5) is 27.5. The quantitative estimate of drug-likeness (QED) is 0.592. The number of anilines is 1. The van der Waals surface area contributed by atoms with E-state index in [1.165, 1.54) is 18.6 Å². The lowest BCUT2D eigenvalue weighted by Crippen LogP contribution is -2.14. The summed E-state index contributed by atoms with van der Waals surface area (Å²) in [5, 5.41) is 5.27. The molecule has 0 bridgehead atoms. The second-order valence-corrected chi connectivity index (χ2v) is 5.40. The Balaban J connectivity index is 1.85. The fourth-order valence-electron chi connectivity index (χ4n) is 2.52. The summed E-state index contributed by atoms with van der Waals surface area (Å²) in [6, 6.07) is 5.45. The van der Waals surface area contributed by atoms with Crippen LogP contribution in [0.25, 0.3) is 21.8 Å². The number of carbonyl (C=O) groups is 1. The molecule has 112 valence electrons. The van der Waals surface area contributed by atoms with Gasteiger partial charge in [0.1, 0.15) is 5.69 Å². The van der Waals surface area contributed by atoms with Crippen molar-refractivity contribution in [1.29, 1.82) is 0 Å². The average molecular weight is 324 g/mol. The van der Waals surface area contributed by atoms with Crippen molar-refractivity contribution in [2.45, 2.75) is 0 Å². The first-order chi connectivity index (χ1) is 11.2. The fourth-order valence-corrected chi connectivity index (χ4v) is 2.74. The molecule has 0 atom stereocenters. The second kappa shape index (κ2) is 5.33. The smallest absolute Gasteiger partial charge is 0.275 e. The number of benzene rings is 1. The van der Waals surface area contributed by atoms with E-state index in [1.54, 1.807) is 18.5 Å². The van der Waals surface area contributed by atoms with Crippen molar-refractivity contribution in [3.8, 4) is 0 Å². The van der Waals surface area contributed by atoms with Crippen molar-refractivity contribution in [2.75, 3.05) is 5.32 Å². The van der Waals surface area contributed by atoms with E-state index in [2.05, 4.69) is 25.3 Å². The van der Waals surface area contributed by atoms with Crippen molar-refractivity contribution in [3.05, 3.63) is 59.9 Å². The number of halogens is 1. The molecule has 0 aliphatic rings. The molecule has 0 saturated heterocycles. The first kappa shape index (κ1) is 13.7. The number of carbonyl (C=O) groups excluding carboxylic acids is 1. The Morgan fingerprint density at radius 3 is 2.78 bits per heavy atom. The third kappa shape index (κ3) is 2.39. The Bertz CT molecular complexity index is 1030. The van der Waals surface area contributed by atoms with Gasteiger partial charge in [-0.15, -0.1) is 0 Å². The molecule has 0 spiro atoms. The van der Waals surface area contributed by atoms with E-state index in [4.69, 9.17) is 11.6 Å². The number of hydrogen-bond donors (Lipinski definition) is 2. The lowest BCUT2D eigenvalue weighted by molar-refractivity contribution is 0.102. The van der Waals surface area contributed by atoms with Gasteiger partial charge in [0, 0.05) is 34.4 Å². The number of nitrogens with one attached hydrogen (secondary N) is 2. The van der Waals surface area contributed by atoms with Gasteiger partial charge in [0.2, 0.25) is 0 Å². The highest BCUT2D eigenvalue weighted by molar-refractivity contribution is 6.33. The summed E-state index contributed by atoms with van der Waals surface area (Å²) >= 11 is 6.20. The molecule has 4 aromatic rings. The predicted molar refractivity (Wildman–Crippen MR) is 88.6 cm³/mol. The van der Waals surface area contributed by atoms with Gasteiger partial charge in [-0.2, -0.15) is 0 Å². The molecule has 7 heteroatoms. The normalized spacial score (nSPS) is 11.0. The lowest BCUT2D eigenvalue weighted by Gasteiger charge is -2.06. The van der Waals surface area contributed by atoms with Crippen molar-refractivity contribution < 1.29 is 4.79 Å². The van der Waals surface area contributed by atoms with Crippen LogP contribution in [0.1, 0.15) is 10.5 Å². The highest BCUT2D eigenvalue weighted by Gasteiger charge is 2.14. The average Bonchev–Trinajstić information content (AvgIpc) is 2.94. The zero-order valence-electron chi connectivity index (χ0n) is 11.7. The van der Waals surface area contributed by atoms with Crippen LogP contribution in [0.2, 0.25) is 5.02 Å². The summed E-state index contributed by atoms with van der Waals surface area (Å²) in [6.07, 6.45) is 7.84. The van der Waals surface area contributed by atoms with Gasteiger partial charge in [-0.25, -0.2) is 4.98 Å². The minimum Gasteiger partial charge on any atom is -0.352 e. The number of H-pyrrole nitrogens is 1. The third-order valence-corrected chi connectivity index (χ3v) is 3.74. The maximum Gasteiger partial charge on any atom is 0.275 e. The van der Waals surface area contributed by atoms with Gasteiger partial charge >= 0.3 is 0 Å². The standard InChI is InChI=1S/C16H10ClN5O/c17-9-5-11-10-1-2-18-7-13(10)21-15(11)12(6-9)22-16(23)14-8-19-3-4-20-14/h1-8,21H,(H,22,23). The molecule has 0 saturated carbocycles. The summed E-state index contributed by atoms with van der Waals surface area (Å²) in [5.74, 6) is -0.349. The van der Waals surface area contributed by atoms with Crippen LogP contribution in [0.3, 0.4) is 0 Å². The first-order valence-electron chi connectivity index (χ1n) is 6.85. The van der Waals surface area contributed by atoms with E-state index in [9.17, 15) is 4.79 Å². The number of amides is 1. The van der Waals surface area contributed by atoms with Gasteiger partial charge in [-0.05, 0) is 18.2 Å². The monoisotopic (exact) mass is 323 g/mol. The SMILES string of the molecule is O=C(Nc1cc(Cl)cc2c1[nH]c1cnccc12)c1cnccn1. The summed E-state index contributed by atoms with van der Waals surface area (Å²) in [5.41, 5.74) is 2.48. The first-order valence-corrected chi connectivity index (χ1v) is 7.22. The fraction of sp³-hybridized carbons (Fsp3) is 0. The second-order valence-electron chi connectivity index (χ2n) is 4.97. The Kier molecular flexibility index (Phi) is 3.17. The molecule has 4 rings (SSSR count). The van der Waals surface area contributed by atoms with Crippen LogP contribution < -0.4 is 5.32 Å². The highest BCUT2D eigenvalue weighted by atomic mass is 35.5. The van der Waals surface area contributed by atoms with E-state index in [0.717, 1.165) is 21.8 Å². The van der Waals surface area contributed by atoms with Crippen LogP contribution in [0.15, 0.2) is 49.2 Å².